The third kappa shape index (κ3) is 3.50. The lowest BCUT2D eigenvalue weighted by Gasteiger charge is -2.20. The summed E-state index contributed by atoms with van der Waals surface area (Å²) in [7, 11) is -3.93. The molecular weight excluding hydrogens is 382 g/mol. The van der Waals surface area contributed by atoms with Crippen LogP contribution in [-0.4, -0.2) is 37.7 Å². The van der Waals surface area contributed by atoms with E-state index in [4.69, 9.17) is 9.47 Å². The molecule has 4 unspecified atom stereocenters. The molecule has 0 aromatic heterocycles. The number of aliphatic hydroxyl groups excluding tert-OH is 1. The molecule has 2 aromatic carbocycles. The number of fused-ring (bicyclic) bond motifs is 3. The highest BCUT2D eigenvalue weighted by Gasteiger charge is 2.43. The number of benzene rings is 2. The van der Waals surface area contributed by atoms with Gasteiger partial charge in [-0.3, -0.25) is 4.79 Å². The largest absolute Gasteiger partial charge is 0.485 e. The lowest BCUT2D eigenvalue weighted by atomic mass is 9.97. The molecule has 1 heterocycles. The fourth-order valence-corrected chi connectivity index (χ4v) is 4.90. The van der Waals surface area contributed by atoms with Gasteiger partial charge in [0.15, 0.2) is 17.3 Å². The molecule has 0 spiro atoms. The molecule has 28 heavy (non-hydrogen) atoms. The molecule has 0 saturated heterocycles. The molecule has 8 heteroatoms. The summed E-state index contributed by atoms with van der Waals surface area (Å²) in [5.74, 6) is 0.406. The van der Waals surface area contributed by atoms with E-state index in [1.54, 1.807) is 30.3 Å². The van der Waals surface area contributed by atoms with Gasteiger partial charge >= 0.3 is 0 Å². The lowest BCUT2D eigenvalue weighted by molar-refractivity contribution is -0.124. The van der Waals surface area contributed by atoms with Gasteiger partial charge in [0.05, 0.1) is 11.0 Å². The summed E-state index contributed by atoms with van der Waals surface area (Å²) in [6, 6.07) is 13.1. The predicted octanol–water partition coefficient (Wildman–Crippen LogP) is 1.96. The fraction of sp³-hybridized carbons (Fsp3) is 0.350. The minimum atomic E-state index is -3.93. The van der Waals surface area contributed by atoms with Crippen LogP contribution >= 0.6 is 0 Å². The summed E-state index contributed by atoms with van der Waals surface area (Å²) in [4.78, 5) is 12.1. The number of rotatable bonds is 6. The number of ketones is 1. The first-order valence-corrected chi connectivity index (χ1v) is 10.6. The Bertz CT molecular complexity index is 991. The van der Waals surface area contributed by atoms with Crippen LogP contribution in [0.1, 0.15) is 31.2 Å². The van der Waals surface area contributed by atoms with Crippen LogP contribution < -0.4 is 14.2 Å². The van der Waals surface area contributed by atoms with Gasteiger partial charge in [0, 0.05) is 17.9 Å². The first-order valence-electron chi connectivity index (χ1n) is 9.07. The highest BCUT2D eigenvalue weighted by molar-refractivity contribution is 7.89. The van der Waals surface area contributed by atoms with Crippen molar-refractivity contribution in [2.75, 3.05) is 0 Å². The minimum absolute atomic E-state index is 0.0444. The zero-order valence-corrected chi connectivity index (χ0v) is 16.1. The average Bonchev–Trinajstić information content (AvgIpc) is 3.18. The van der Waals surface area contributed by atoms with Crippen LogP contribution in [-0.2, 0) is 14.8 Å². The molecule has 2 N–H and O–H groups in total. The van der Waals surface area contributed by atoms with E-state index in [1.807, 2.05) is 6.07 Å². The number of sulfonamides is 1. The van der Waals surface area contributed by atoms with Crippen LogP contribution in [0.25, 0.3) is 0 Å². The molecule has 1 aliphatic heterocycles. The molecule has 0 radical (unpaired) electrons. The number of carbonyl (C=O) groups excluding carboxylic acids is 1. The lowest BCUT2D eigenvalue weighted by Crippen LogP contribution is -2.43. The second-order valence-corrected chi connectivity index (χ2v) is 8.82. The highest BCUT2D eigenvalue weighted by atomic mass is 32.2. The number of para-hydroxylation sites is 1. The third-order valence-corrected chi connectivity index (χ3v) is 6.50. The Morgan fingerprint density at radius 3 is 2.64 bits per heavy atom. The van der Waals surface area contributed by atoms with Crippen molar-refractivity contribution in [3.8, 4) is 11.5 Å². The number of carbonyl (C=O) groups is 1. The van der Waals surface area contributed by atoms with Crippen molar-refractivity contribution < 1.29 is 27.8 Å². The number of hydrogen-bond donors (Lipinski definition) is 2. The molecule has 0 bridgehead atoms. The van der Waals surface area contributed by atoms with Gasteiger partial charge in [0.25, 0.3) is 0 Å². The molecular formula is C20H21NO6S. The van der Waals surface area contributed by atoms with Gasteiger partial charge in [0.1, 0.15) is 6.10 Å². The average molecular weight is 403 g/mol. The van der Waals surface area contributed by atoms with Gasteiger partial charge in [-0.1, -0.05) is 30.3 Å². The quantitative estimate of drug-likeness (QED) is 0.715. The third-order valence-electron chi connectivity index (χ3n) is 5.09. The monoisotopic (exact) mass is 403 g/mol. The molecule has 1 saturated carbocycles. The van der Waals surface area contributed by atoms with Gasteiger partial charge in [-0.2, -0.15) is 4.72 Å². The Labute approximate surface area is 163 Å². The van der Waals surface area contributed by atoms with Crippen molar-refractivity contribution in [1.82, 2.24) is 4.72 Å². The van der Waals surface area contributed by atoms with Crippen molar-refractivity contribution in [1.29, 1.82) is 0 Å². The number of nitrogens with one attached hydrogen (secondary N) is 1. The van der Waals surface area contributed by atoms with Crippen LogP contribution in [0.4, 0.5) is 0 Å². The first kappa shape index (κ1) is 18.9. The van der Waals surface area contributed by atoms with E-state index in [9.17, 15) is 18.3 Å². The second kappa shape index (κ2) is 7.20. The fourth-order valence-electron chi connectivity index (χ4n) is 3.75. The maximum Gasteiger partial charge on any atom is 0.243 e. The van der Waals surface area contributed by atoms with Crippen LogP contribution in [0.15, 0.2) is 53.4 Å². The maximum atomic E-state index is 12.6. The Morgan fingerprint density at radius 1 is 1.18 bits per heavy atom. The van der Waals surface area contributed by atoms with Crippen LogP contribution in [0.2, 0.25) is 0 Å². The highest BCUT2D eigenvalue weighted by Crippen LogP contribution is 2.50. The minimum Gasteiger partial charge on any atom is -0.485 e. The summed E-state index contributed by atoms with van der Waals surface area (Å²) >= 11 is 0. The van der Waals surface area contributed by atoms with Crippen LogP contribution in [0.5, 0.6) is 11.5 Å². The topological polar surface area (TPSA) is 102 Å². The number of aliphatic hydroxyl groups is 1. The van der Waals surface area contributed by atoms with E-state index in [2.05, 4.69) is 4.72 Å². The van der Waals surface area contributed by atoms with Crippen LogP contribution in [0, 0.1) is 0 Å². The predicted molar refractivity (Wildman–Crippen MR) is 101 cm³/mol. The van der Waals surface area contributed by atoms with Crippen molar-refractivity contribution in [3.05, 3.63) is 54.1 Å². The molecule has 4 atom stereocenters. The van der Waals surface area contributed by atoms with Gasteiger partial charge in [-0.15, -0.1) is 0 Å². The molecule has 7 nitrogen and oxygen atoms in total. The molecule has 2 aliphatic rings. The Balaban J connectivity index is 1.58. The van der Waals surface area contributed by atoms with Crippen molar-refractivity contribution in [3.63, 3.8) is 0 Å². The van der Waals surface area contributed by atoms with Crippen molar-refractivity contribution >= 4 is 15.8 Å². The second-order valence-electron chi connectivity index (χ2n) is 7.11. The van der Waals surface area contributed by atoms with E-state index >= 15 is 0 Å². The summed E-state index contributed by atoms with van der Waals surface area (Å²) in [6.45, 7) is 1.26. The van der Waals surface area contributed by atoms with Crippen molar-refractivity contribution in [2.45, 2.75) is 49.0 Å². The number of hydrogen-bond acceptors (Lipinski definition) is 6. The summed E-state index contributed by atoms with van der Waals surface area (Å²) in [5, 5.41) is 9.85. The van der Waals surface area contributed by atoms with E-state index in [0.29, 0.717) is 24.3 Å². The van der Waals surface area contributed by atoms with E-state index in [0.717, 1.165) is 5.56 Å². The molecule has 148 valence electrons. The molecule has 1 aliphatic carbocycles. The van der Waals surface area contributed by atoms with E-state index in [1.165, 1.54) is 19.1 Å². The van der Waals surface area contributed by atoms with Gasteiger partial charge < -0.3 is 14.6 Å². The van der Waals surface area contributed by atoms with Gasteiger partial charge in [-0.05, 0) is 31.5 Å². The molecule has 0 amide bonds. The number of ether oxygens (including phenoxy) is 2. The molecule has 2 aromatic rings. The summed E-state index contributed by atoms with van der Waals surface area (Å²) in [5.41, 5.74) is 0.910. The zero-order valence-electron chi connectivity index (χ0n) is 15.2. The van der Waals surface area contributed by atoms with Gasteiger partial charge in [0.2, 0.25) is 16.3 Å². The summed E-state index contributed by atoms with van der Waals surface area (Å²) in [6.07, 6.45) is -0.763. The van der Waals surface area contributed by atoms with Gasteiger partial charge in [-0.25, -0.2) is 8.42 Å². The standard InChI is InChI=1S/C20H21NO6S/c1-12(22)20(21-28(24,25)14-6-3-2-4-7-14)27-17-9-5-8-15-16-10-13(23)11-18(16)26-19(15)17/h2-9,13,16,18,20-21,23H,10-11H2,1H3. The smallest absolute Gasteiger partial charge is 0.243 e. The van der Waals surface area contributed by atoms with Crippen molar-refractivity contribution in [2.24, 2.45) is 0 Å². The zero-order chi connectivity index (χ0) is 19.9. The SMILES string of the molecule is CC(=O)C(NS(=O)(=O)c1ccccc1)Oc1cccc2c1OC1CC(O)CC21. The van der Waals surface area contributed by atoms with Crippen LogP contribution in [0.3, 0.4) is 0 Å². The number of Topliss-reactive ketones (excluding diaryl/α,β-unsaturated/α-hetero) is 1. The Kier molecular flexibility index (Phi) is 4.86. The first-order chi connectivity index (χ1) is 13.3. The van der Waals surface area contributed by atoms with E-state index < -0.39 is 28.1 Å². The maximum absolute atomic E-state index is 12.6. The molecule has 1 fully saturated rings. The Hall–Kier alpha value is -2.42. The normalized spacial score (nSPS) is 24.1. The Morgan fingerprint density at radius 2 is 1.93 bits per heavy atom. The van der Waals surface area contributed by atoms with E-state index in [-0.39, 0.29) is 16.9 Å². The summed E-state index contributed by atoms with van der Waals surface area (Å²) < 4.78 is 39.1. The molecule has 4 rings (SSSR count).